The second-order valence-electron chi connectivity index (χ2n) is 1.09. The zero-order valence-electron chi connectivity index (χ0n) is 3.42. The Balaban J connectivity index is 2.46. The molecular formula is C4H5HgI. The minimum absolute atomic E-state index is 0.224. The third-order valence-corrected chi connectivity index (χ3v) is 18.8. The van der Waals surface area contributed by atoms with Gasteiger partial charge in [-0.3, -0.25) is 0 Å². The first-order valence-corrected chi connectivity index (χ1v) is 23.2. The Hall–Kier alpha value is 1.15. The first-order chi connectivity index (χ1) is 3.00. The van der Waals surface area contributed by atoms with E-state index in [9.17, 15) is 0 Å². The van der Waals surface area contributed by atoms with Crippen LogP contribution in [0.15, 0.2) is 19.8 Å². The van der Waals surface area contributed by atoms with Crippen LogP contribution in [0.2, 0.25) is 0 Å². The molecule has 0 saturated carbocycles. The maximum atomic E-state index is 2.46. The number of rotatable bonds is 0. The molecule has 2 heteroatoms. The summed E-state index contributed by atoms with van der Waals surface area (Å²) >= 11 is 0.303. The summed E-state index contributed by atoms with van der Waals surface area (Å²) in [6.07, 6.45) is 4.42. The van der Waals surface area contributed by atoms with Crippen LogP contribution in [0.1, 0.15) is 0 Å². The molecule has 1 aliphatic heterocycles. The van der Waals surface area contributed by atoms with Crippen molar-refractivity contribution in [1.29, 1.82) is 0 Å². The molecule has 1 heterocycles. The van der Waals surface area contributed by atoms with Crippen LogP contribution >= 0.6 is 16.3 Å². The molecule has 0 amide bonds. The molecule has 0 saturated heterocycles. The Labute approximate surface area is 55.6 Å². The minimum atomic E-state index is -0.224. The van der Waals surface area contributed by atoms with Gasteiger partial charge in [0.15, 0.2) is 0 Å². The van der Waals surface area contributed by atoms with Gasteiger partial charge < -0.3 is 0 Å². The fourth-order valence-electron chi connectivity index (χ4n) is 0.346. The molecule has 0 aromatic carbocycles. The molecule has 0 bridgehead atoms. The summed E-state index contributed by atoms with van der Waals surface area (Å²) in [5, 5.41) is 0. The first-order valence-electron chi connectivity index (χ1n) is 1.93. The Bertz CT molecular complexity index is 73.5. The van der Waals surface area contributed by atoms with E-state index >= 15 is 0 Å². The SMILES string of the molecule is C1=C[IH][Hg][CH]=C1. The quantitative estimate of drug-likeness (QED) is 0.444. The van der Waals surface area contributed by atoms with Gasteiger partial charge in [0.05, 0.1) is 0 Å². The molecule has 0 unspecified atom stereocenters. The van der Waals surface area contributed by atoms with Gasteiger partial charge in [0.1, 0.15) is 0 Å². The van der Waals surface area contributed by atoms with E-state index < -0.39 is 0 Å². The molecule has 0 atom stereocenters. The summed E-state index contributed by atoms with van der Waals surface area (Å²) in [7, 11) is 0. The van der Waals surface area contributed by atoms with Crippen molar-refractivity contribution in [3.8, 4) is 0 Å². The predicted octanol–water partition coefficient (Wildman–Crippen LogP) is 1.73. The second kappa shape index (κ2) is 3.19. The standard InChI is InChI=1S/C4H5I.Hg/c1-2-3-4-5;/h1-5H;/q+1;-1. The van der Waals surface area contributed by atoms with Gasteiger partial charge in [-0.15, -0.1) is 0 Å². The van der Waals surface area contributed by atoms with Crippen LogP contribution in [-0.2, 0) is 20.2 Å². The molecule has 6 heavy (non-hydrogen) atoms. The van der Waals surface area contributed by atoms with Gasteiger partial charge in [0, 0.05) is 0 Å². The summed E-state index contributed by atoms with van der Waals surface area (Å²) < 4.78 is 4.87. The maximum absolute atomic E-state index is 2.46. The van der Waals surface area contributed by atoms with E-state index in [1.54, 1.807) is 0 Å². The monoisotopic (exact) mass is 382 g/mol. The predicted molar refractivity (Wildman–Crippen MR) is 33.7 cm³/mol. The van der Waals surface area contributed by atoms with Crippen LogP contribution in [0.25, 0.3) is 0 Å². The number of hydrogen-bond donors (Lipinski definition) is 0. The van der Waals surface area contributed by atoms with Crippen LogP contribution in [0.4, 0.5) is 0 Å². The van der Waals surface area contributed by atoms with Gasteiger partial charge in [-0.1, -0.05) is 0 Å². The molecule has 0 spiro atoms. The Kier molecular flexibility index (Phi) is 2.81. The van der Waals surface area contributed by atoms with Gasteiger partial charge in [-0.2, -0.15) is 0 Å². The molecule has 0 aliphatic carbocycles. The topological polar surface area (TPSA) is 0 Å². The van der Waals surface area contributed by atoms with Crippen LogP contribution in [0, 0.1) is 0 Å². The zero-order chi connectivity index (χ0) is 4.24. The van der Waals surface area contributed by atoms with Gasteiger partial charge >= 0.3 is 56.3 Å². The summed E-state index contributed by atoms with van der Waals surface area (Å²) in [4.78, 5) is 0. The summed E-state index contributed by atoms with van der Waals surface area (Å²) in [5.74, 6) is 0. The molecule has 0 aromatic rings. The van der Waals surface area contributed by atoms with E-state index in [2.05, 4.69) is 19.8 Å². The van der Waals surface area contributed by atoms with Gasteiger partial charge in [-0.25, -0.2) is 0 Å². The number of allylic oxidation sites excluding steroid dienone is 2. The van der Waals surface area contributed by atoms with E-state index in [1.807, 2.05) is 0 Å². The van der Waals surface area contributed by atoms with E-state index in [0.29, 0.717) is 16.3 Å². The van der Waals surface area contributed by atoms with Crippen molar-refractivity contribution in [2.45, 2.75) is 0 Å². The Morgan fingerprint density at radius 3 is 2.50 bits per heavy atom. The van der Waals surface area contributed by atoms with Crippen LogP contribution in [0.5, 0.6) is 0 Å². The fourth-order valence-corrected chi connectivity index (χ4v) is 14.1. The molecule has 0 radical (unpaired) electrons. The van der Waals surface area contributed by atoms with Gasteiger partial charge in [-0.05, 0) is 0 Å². The summed E-state index contributed by atoms with van der Waals surface area (Å²) in [5.41, 5.74) is 0. The van der Waals surface area contributed by atoms with Crippen molar-refractivity contribution in [2.75, 3.05) is 0 Å². The van der Waals surface area contributed by atoms with E-state index in [4.69, 9.17) is 0 Å². The summed E-state index contributed by atoms with van der Waals surface area (Å²) in [6, 6.07) is 0. The van der Waals surface area contributed by atoms with E-state index in [1.165, 1.54) is 0 Å². The van der Waals surface area contributed by atoms with Gasteiger partial charge in [0.2, 0.25) is 0 Å². The van der Waals surface area contributed by atoms with Crippen LogP contribution in [-0.4, -0.2) is 0 Å². The van der Waals surface area contributed by atoms with Crippen molar-refractivity contribution in [3.05, 3.63) is 19.8 Å². The van der Waals surface area contributed by atoms with Crippen LogP contribution in [0.3, 0.4) is 0 Å². The van der Waals surface area contributed by atoms with E-state index in [-0.39, 0.29) is 20.2 Å². The molecule has 0 fully saturated rings. The normalized spacial score (nSPS) is 17.3. The summed E-state index contributed by atoms with van der Waals surface area (Å²) in [6.45, 7) is 0. The molecule has 0 aromatic heterocycles. The van der Waals surface area contributed by atoms with Crippen molar-refractivity contribution in [3.63, 3.8) is 0 Å². The molecule has 30 valence electrons. The van der Waals surface area contributed by atoms with Crippen molar-refractivity contribution in [2.24, 2.45) is 0 Å². The van der Waals surface area contributed by atoms with Crippen molar-refractivity contribution < 1.29 is 20.2 Å². The molecule has 1 aliphatic rings. The molecule has 0 N–H and O–H groups in total. The second-order valence-corrected chi connectivity index (χ2v) is 23.0. The van der Waals surface area contributed by atoms with Gasteiger partial charge in [0.25, 0.3) is 0 Å². The van der Waals surface area contributed by atoms with Crippen LogP contribution < -0.4 is 0 Å². The average molecular weight is 381 g/mol. The van der Waals surface area contributed by atoms with Crippen molar-refractivity contribution >= 4 is 16.3 Å². The Morgan fingerprint density at radius 2 is 2.33 bits per heavy atom. The average Bonchev–Trinajstić information content (AvgIpc) is 1.72. The van der Waals surface area contributed by atoms with E-state index in [0.717, 1.165) is 0 Å². The molecule has 0 nitrogen and oxygen atoms in total. The first kappa shape index (κ1) is 5.29. The van der Waals surface area contributed by atoms with Crippen molar-refractivity contribution in [1.82, 2.24) is 0 Å². The molecular weight excluding hydrogens is 376 g/mol. The fraction of sp³-hybridized carbons (Fsp3) is 0. The Morgan fingerprint density at radius 1 is 1.33 bits per heavy atom. The third-order valence-electron chi connectivity index (χ3n) is 0.614. The number of hydrogen-bond acceptors (Lipinski definition) is 0. The molecule has 1 rings (SSSR count). The number of halogens is 1. The zero-order valence-corrected chi connectivity index (χ0v) is 11.3. The third kappa shape index (κ3) is 1.73.